The third-order valence-electron chi connectivity index (χ3n) is 3.64. The van der Waals surface area contributed by atoms with Gasteiger partial charge in [0.25, 0.3) is 0 Å². The number of thiophene rings is 1. The zero-order chi connectivity index (χ0) is 16.5. The van der Waals surface area contributed by atoms with Gasteiger partial charge in [0.2, 0.25) is 0 Å². The highest BCUT2D eigenvalue weighted by Gasteiger charge is 2.33. The Bertz CT molecular complexity index is 717. The molecule has 0 N–H and O–H groups in total. The summed E-state index contributed by atoms with van der Waals surface area (Å²) < 4.78 is 62.8. The number of hydrogen-bond donors (Lipinski definition) is 0. The molecule has 0 spiro atoms. The molecule has 0 saturated heterocycles. The minimum Gasteiger partial charge on any atom is -0.228 e. The molecule has 1 heterocycles. The molecule has 0 fully saturated rings. The molecule has 7 heteroatoms. The maximum absolute atomic E-state index is 12.6. The third kappa shape index (κ3) is 3.35. The summed E-state index contributed by atoms with van der Waals surface area (Å²) in [7, 11) is -3.53. The molecule has 2 nitrogen and oxygen atoms in total. The molecule has 22 heavy (non-hydrogen) atoms. The van der Waals surface area contributed by atoms with Crippen molar-refractivity contribution in [2.75, 3.05) is 0 Å². The molecule has 1 aromatic carbocycles. The summed E-state index contributed by atoms with van der Waals surface area (Å²) in [4.78, 5) is 0.721. The molecule has 0 saturated carbocycles. The topological polar surface area (TPSA) is 34.1 Å². The van der Waals surface area contributed by atoms with Crippen LogP contribution in [0.15, 0.2) is 41.8 Å². The van der Waals surface area contributed by atoms with Crippen molar-refractivity contribution in [1.29, 1.82) is 0 Å². The summed E-state index contributed by atoms with van der Waals surface area (Å²) in [5.74, 6) is 0. The van der Waals surface area contributed by atoms with E-state index in [1.165, 1.54) is 30.4 Å². The van der Waals surface area contributed by atoms with Gasteiger partial charge >= 0.3 is 6.18 Å². The van der Waals surface area contributed by atoms with E-state index in [-0.39, 0.29) is 0 Å². The first-order valence-corrected chi connectivity index (χ1v) is 9.06. The van der Waals surface area contributed by atoms with E-state index in [0.717, 1.165) is 17.0 Å². The lowest BCUT2D eigenvalue weighted by Crippen LogP contribution is -2.16. The summed E-state index contributed by atoms with van der Waals surface area (Å²) in [5.41, 5.74) is -0.427. The van der Waals surface area contributed by atoms with E-state index >= 15 is 0 Å². The fourth-order valence-electron chi connectivity index (χ4n) is 2.12. The Balaban J connectivity index is 2.29. The van der Waals surface area contributed by atoms with Crippen LogP contribution >= 0.6 is 11.3 Å². The molecule has 0 aliphatic heterocycles. The van der Waals surface area contributed by atoms with Gasteiger partial charge in [0, 0.05) is 4.88 Å². The van der Waals surface area contributed by atoms with E-state index in [9.17, 15) is 21.6 Å². The first kappa shape index (κ1) is 17.0. The quantitative estimate of drug-likeness (QED) is 0.779. The molecule has 0 aliphatic rings. The first-order chi connectivity index (χ1) is 10.1. The zero-order valence-corrected chi connectivity index (χ0v) is 13.6. The molecule has 0 radical (unpaired) electrons. The first-order valence-electron chi connectivity index (χ1n) is 6.57. The summed E-state index contributed by atoms with van der Waals surface area (Å²) in [5, 5.41) is 0.237. The number of sulfone groups is 1. The van der Waals surface area contributed by atoms with Crippen LogP contribution in [0.4, 0.5) is 13.2 Å². The van der Waals surface area contributed by atoms with Crippen LogP contribution in [-0.2, 0) is 16.0 Å². The maximum Gasteiger partial charge on any atom is 0.416 e. The van der Waals surface area contributed by atoms with Crippen LogP contribution in [0.3, 0.4) is 0 Å². The molecule has 0 unspecified atom stereocenters. The van der Waals surface area contributed by atoms with Crippen LogP contribution in [0.25, 0.3) is 0 Å². The SMILES string of the molecule is C[C@H](c1ccc(C(F)(F)F)cc1)S(=O)(=O)[C@@H](C)c1cccs1. The zero-order valence-electron chi connectivity index (χ0n) is 12.0. The van der Waals surface area contributed by atoms with E-state index in [2.05, 4.69) is 0 Å². The predicted molar refractivity (Wildman–Crippen MR) is 81.5 cm³/mol. The van der Waals surface area contributed by atoms with Crippen LogP contribution in [0.5, 0.6) is 0 Å². The number of rotatable bonds is 4. The highest BCUT2D eigenvalue weighted by atomic mass is 32.2. The summed E-state index contributed by atoms with van der Waals surface area (Å²) in [6, 6.07) is 7.80. The lowest BCUT2D eigenvalue weighted by molar-refractivity contribution is -0.137. The number of benzene rings is 1. The second-order valence-corrected chi connectivity index (χ2v) is 8.58. The van der Waals surface area contributed by atoms with Gasteiger partial charge in [0.15, 0.2) is 9.84 Å². The molecule has 1 aromatic heterocycles. The molecule has 0 bridgehead atoms. The van der Waals surface area contributed by atoms with E-state index in [4.69, 9.17) is 0 Å². The number of halogens is 3. The molecular weight excluding hydrogens is 333 g/mol. The molecule has 2 rings (SSSR count). The Hall–Kier alpha value is -1.34. The highest BCUT2D eigenvalue weighted by Crippen LogP contribution is 2.36. The number of hydrogen-bond acceptors (Lipinski definition) is 3. The second-order valence-electron chi connectivity index (χ2n) is 5.01. The minimum atomic E-state index is -4.43. The lowest BCUT2D eigenvalue weighted by Gasteiger charge is -2.19. The lowest BCUT2D eigenvalue weighted by atomic mass is 10.1. The normalized spacial score (nSPS) is 15.5. The smallest absolute Gasteiger partial charge is 0.228 e. The Morgan fingerprint density at radius 3 is 2.05 bits per heavy atom. The largest absolute Gasteiger partial charge is 0.416 e. The van der Waals surface area contributed by atoms with Crippen molar-refractivity contribution in [2.24, 2.45) is 0 Å². The van der Waals surface area contributed by atoms with Crippen molar-refractivity contribution in [3.05, 3.63) is 57.8 Å². The van der Waals surface area contributed by atoms with Crippen molar-refractivity contribution in [3.63, 3.8) is 0 Å². The van der Waals surface area contributed by atoms with Gasteiger partial charge in [-0.15, -0.1) is 11.3 Å². The average Bonchev–Trinajstić information content (AvgIpc) is 2.98. The minimum absolute atomic E-state index is 0.358. The van der Waals surface area contributed by atoms with Gasteiger partial charge in [-0.05, 0) is 43.0 Å². The van der Waals surface area contributed by atoms with Crippen molar-refractivity contribution in [3.8, 4) is 0 Å². The van der Waals surface area contributed by atoms with Crippen LogP contribution in [-0.4, -0.2) is 8.42 Å². The molecule has 2 atom stereocenters. The molecular formula is C15H15F3O2S2. The highest BCUT2D eigenvalue weighted by molar-refractivity contribution is 7.92. The Labute approximate surface area is 131 Å². The molecule has 0 amide bonds. The summed E-state index contributed by atoms with van der Waals surface area (Å²) >= 11 is 1.35. The van der Waals surface area contributed by atoms with Crippen LogP contribution in [0.2, 0.25) is 0 Å². The van der Waals surface area contributed by atoms with Crippen LogP contribution in [0, 0.1) is 0 Å². The summed E-state index contributed by atoms with van der Waals surface area (Å²) in [6.07, 6.45) is -4.43. The molecule has 120 valence electrons. The molecule has 0 aliphatic carbocycles. The van der Waals surface area contributed by atoms with Crippen molar-refractivity contribution in [2.45, 2.75) is 30.5 Å². The van der Waals surface area contributed by atoms with Gasteiger partial charge < -0.3 is 0 Å². The summed E-state index contributed by atoms with van der Waals surface area (Å²) in [6.45, 7) is 3.10. The van der Waals surface area contributed by atoms with Crippen molar-refractivity contribution in [1.82, 2.24) is 0 Å². The number of alkyl halides is 3. The van der Waals surface area contributed by atoms with Gasteiger partial charge in [-0.1, -0.05) is 18.2 Å². The van der Waals surface area contributed by atoms with E-state index < -0.39 is 32.1 Å². The standard InChI is InChI=1S/C15H15F3O2S2/c1-10(12-5-7-13(8-6-12)15(16,17)18)22(19,20)11(2)14-4-3-9-21-14/h3-11H,1-2H3/t10-,11+/m1/s1. The Morgan fingerprint density at radius 2 is 1.59 bits per heavy atom. The average molecular weight is 348 g/mol. The van der Waals surface area contributed by atoms with Crippen LogP contribution in [0.1, 0.15) is 40.4 Å². The second kappa shape index (κ2) is 6.04. The Morgan fingerprint density at radius 1 is 1.00 bits per heavy atom. The van der Waals surface area contributed by atoms with E-state index in [1.54, 1.807) is 24.4 Å². The Kier molecular flexibility index (Phi) is 4.67. The van der Waals surface area contributed by atoms with Crippen LogP contribution < -0.4 is 0 Å². The third-order valence-corrected chi connectivity index (χ3v) is 7.34. The van der Waals surface area contributed by atoms with Gasteiger partial charge in [-0.25, -0.2) is 8.42 Å². The van der Waals surface area contributed by atoms with E-state index in [0.29, 0.717) is 5.56 Å². The predicted octanol–water partition coefficient (Wildman–Crippen LogP) is 5.00. The maximum atomic E-state index is 12.6. The fraction of sp³-hybridized carbons (Fsp3) is 0.333. The van der Waals surface area contributed by atoms with E-state index in [1.807, 2.05) is 0 Å². The van der Waals surface area contributed by atoms with Gasteiger partial charge in [0.05, 0.1) is 16.1 Å². The van der Waals surface area contributed by atoms with Crippen molar-refractivity contribution >= 4 is 21.2 Å². The fourth-order valence-corrected chi connectivity index (χ4v) is 4.91. The molecule has 2 aromatic rings. The van der Waals surface area contributed by atoms with Gasteiger partial charge in [0.1, 0.15) is 0 Å². The monoisotopic (exact) mass is 348 g/mol. The van der Waals surface area contributed by atoms with Gasteiger partial charge in [-0.3, -0.25) is 0 Å². The van der Waals surface area contributed by atoms with Gasteiger partial charge in [-0.2, -0.15) is 13.2 Å². The van der Waals surface area contributed by atoms with Crippen molar-refractivity contribution < 1.29 is 21.6 Å².